The van der Waals surface area contributed by atoms with Crippen molar-refractivity contribution in [3.63, 3.8) is 0 Å². The Balaban J connectivity index is 3.17. The average molecular weight is 284 g/mol. The smallest absolute Gasteiger partial charge is 0.417 e. The summed E-state index contributed by atoms with van der Waals surface area (Å²) in [7, 11) is 0. The van der Waals surface area contributed by atoms with Crippen LogP contribution >= 0.6 is 15.9 Å². The zero-order valence-electron chi connectivity index (χ0n) is 7.18. The van der Waals surface area contributed by atoms with E-state index in [1.54, 1.807) is 0 Å². The van der Waals surface area contributed by atoms with Crippen LogP contribution in [0.15, 0.2) is 16.7 Å². The molecule has 0 saturated heterocycles. The third kappa shape index (κ3) is 2.92. The van der Waals surface area contributed by atoms with E-state index in [4.69, 9.17) is 5.11 Å². The topological polar surface area (TPSA) is 50.2 Å². The summed E-state index contributed by atoms with van der Waals surface area (Å²) >= 11 is 2.70. The molecule has 0 aliphatic carbocycles. The van der Waals surface area contributed by atoms with Crippen LogP contribution in [0.5, 0.6) is 0 Å². The molecule has 0 aromatic carbocycles. The first-order chi connectivity index (χ1) is 6.82. The number of nitrogens with zero attached hydrogens (tertiary/aromatic N) is 1. The normalized spacial score (nSPS) is 11.5. The molecule has 0 radical (unpaired) electrons. The lowest BCUT2D eigenvalue weighted by molar-refractivity contribution is -0.139. The number of halogens is 4. The maximum Gasteiger partial charge on any atom is 0.417 e. The van der Waals surface area contributed by atoms with Crippen LogP contribution in [-0.4, -0.2) is 16.1 Å². The van der Waals surface area contributed by atoms with Gasteiger partial charge in [0.05, 0.1) is 22.2 Å². The summed E-state index contributed by atoms with van der Waals surface area (Å²) in [5.41, 5.74) is -1.06. The molecule has 1 aromatic heterocycles. The minimum atomic E-state index is -4.52. The largest absolute Gasteiger partial charge is 0.481 e. The standard InChI is InChI=1S/C8H5BrF3NO2/c9-7-4(8(10,11)12)1-2-13-5(7)3-6(14)15/h1-2H,3H2,(H,14,15). The van der Waals surface area contributed by atoms with Crippen LogP contribution in [0, 0.1) is 0 Å². The van der Waals surface area contributed by atoms with Crippen molar-refractivity contribution in [1.82, 2.24) is 4.98 Å². The molecule has 0 bridgehead atoms. The molecule has 0 fully saturated rings. The van der Waals surface area contributed by atoms with Crippen LogP contribution in [0.1, 0.15) is 11.3 Å². The van der Waals surface area contributed by atoms with E-state index in [9.17, 15) is 18.0 Å². The van der Waals surface area contributed by atoms with Gasteiger partial charge in [0.15, 0.2) is 0 Å². The van der Waals surface area contributed by atoms with E-state index in [0.717, 1.165) is 12.3 Å². The zero-order valence-corrected chi connectivity index (χ0v) is 8.76. The van der Waals surface area contributed by atoms with Crippen LogP contribution in [0.4, 0.5) is 13.2 Å². The van der Waals surface area contributed by atoms with E-state index in [0.29, 0.717) is 0 Å². The number of hydrogen-bond donors (Lipinski definition) is 1. The van der Waals surface area contributed by atoms with Crippen molar-refractivity contribution in [2.24, 2.45) is 0 Å². The molecular formula is C8H5BrF3NO2. The van der Waals surface area contributed by atoms with Crippen LogP contribution in [-0.2, 0) is 17.4 Å². The summed E-state index contributed by atoms with van der Waals surface area (Å²) in [5, 5.41) is 8.44. The number of alkyl halides is 3. The summed E-state index contributed by atoms with van der Waals surface area (Å²) in [4.78, 5) is 13.9. The Morgan fingerprint density at radius 2 is 2.13 bits per heavy atom. The van der Waals surface area contributed by atoms with Crippen molar-refractivity contribution in [2.45, 2.75) is 12.6 Å². The van der Waals surface area contributed by atoms with Crippen molar-refractivity contribution in [3.8, 4) is 0 Å². The molecule has 0 atom stereocenters. The number of aromatic nitrogens is 1. The van der Waals surface area contributed by atoms with Gasteiger partial charge in [-0.2, -0.15) is 13.2 Å². The molecule has 1 N–H and O–H groups in total. The van der Waals surface area contributed by atoms with Gasteiger partial charge in [0.25, 0.3) is 0 Å². The van der Waals surface area contributed by atoms with Crippen LogP contribution in [0.3, 0.4) is 0 Å². The molecule has 0 saturated carbocycles. The van der Waals surface area contributed by atoms with Crippen molar-refractivity contribution in [3.05, 3.63) is 28.0 Å². The Kier molecular flexibility index (Phi) is 3.33. The number of carbonyl (C=O) groups is 1. The first kappa shape index (κ1) is 12.0. The molecule has 0 aliphatic heterocycles. The zero-order chi connectivity index (χ0) is 11.6. The van der Waals surface area contributed by atoms with Crippen LogP contribution in [0.2, 0.25) is 0 Å². The molecule has 15 heavy (non-hydrogen) atoms. The molecule has 82 valence electrons. The molecule has 3 nitrogen and oxygen atoms in total. The molecule has 0 amide bonds. The highest BCUT2D eigenvalue weighted by molar-refractivity contribution is 9.10. The van der Waals surface area contributed by atoms with E-state index >= 15 is 0 Å². The summed E-state index contributed by atoms with van der Waals surface area (Å²) < 4.78 is 36.8. The summed E-state index contributed by atoms with van der Waals surface area (Å²) in [6, 6.07) is 0.787. The monoisotopic (exact) mass is 283 g/mol. The van der Waals surface area contributed by atoms with Gasteiger partial charge in [0.1, 0.15) is 0 Å². The van der Waals surface area contributed by atoms with Gasteiger partial charge in [-0.25, -0.2) is 0 Å². The minimum absolute atomic E-state index is 0.141. The van der Waals surface area contributed by atoms with E-state index < -0.39 is 24.1 Å². The van der Waals surface area contributed by atoms with Gasteiger partial charge >= 0.3 is 12.1 Å². The lowest BCUT2D eigenvalue weighted by Crippen LogP contribution is -2.10. The molecule has 0 unspecified atom stereocenters. The lowest BCUT2D eigenvalue weighted by Gasteiger charge is -2.10. The highest BCUT2D eigenvalue weighted by atomic mass is 79.9. The number of aliphatic carboxylic acids is 1. The third-order valence-corrected chi connectivity index (χ3v) is 2.47. The molecule has 7 heteroatoms. The number of carboxylic acid groups (broad SMARTS) is 1. The fraction of sp³-hybridized carbons (Fsp3) is 0.250. The summed E-state index contributed by atoms with van der Waals surface area (Å²) in [5.74, 6) is -1.23. The minimum Gasteiger partial charge on any atom is -0.481 e. The SMILES string of the molecule is O=C(O)Cc1nccc(C(F)(F)F)c1Br. The fourth-order valence-electron chi connectivity index (χ4n) is 0.972. The third-order valence-electron chi connectivity index (χ3n) is 1.59. The van der Waals surface area contributed by atoms with E-state index in [1.807, 2.05) is 0 Å². The van der Waals surface area contributed by atoms with Crippen LogP contribution < -0.4 is 0 Å². The number of pyridine rings is 1. The molecule has 1 rings (SSSR count). The van der Waals surface area contributed by atoms with E-state index in [2.05, 4.69) is 20.9 Å². The van der Waals surface area contributed by atoms with Gasteiger partial charge in [-0.1, -0.05) is 0 Å². The van der Waals surface area contributed by atoms with E-state index in [-0.39, 0.29) is 10.2 Å². The molecule has 1 heterocycles. The highest BCUT2D eigenvalue weighted by Gasteiger charge is 2.34. The fourth-order valence-corrected chi connectivity index (χ4v) is 1.57. The number of hydrogen-bond acceptors (Lipinski definition) is 2. The first-order valence-electron chi connectivity index (χ1n) is 3.74. The summed E-state index contributed by atoms with van der Waals surface area (Å²) in [6.07, 6.45) is -4.13. The Morgan fingerprint density at radius 3 is 2.60 bits per heavy atom. The number of rotatable bonds is 2. The maximum atomic E-state index is 12.4. The van der Waals surface area contributed by atoms with Crippen LogP contribution in [0.25, 0.3) is 0 Å². The van der Waals surface area contributed by atoms with Gasteiger partial charge in [0.2, 0.25) is 0 Å². The number of carboxylic acids is 1. The molecule has 1 aromatic rings. The van der Waals surface area contributed by atoms with Gasteiger partial charge in [-0.05, 0) is 22.0 Å². The molecule has 0 spiro atoms. The second-order valence-electron chi connectivity index (χ2n) is 2.69. The van der Waals surface area contributed by atoms with Gasteiger partial charge in [-0.3, -0.25) is 9.78 Å². The Hall–Kier alpha value is -1.11. The van der Waals surface area contributed by atoms with Gasteiger partial charge in [0, 0.05) is 6.20 Å². The molecular weight excluding hydrogens is 279 g/mol. The quantitative estimate of drug-likeness (QED) is 0.907. The Labute approximate surface area is 91.1 Å². The average Bonchev–Trinajstić information content (AvgIpc) is 2.05. The predicted molar refractivity (Wildman–Crippen MR) is 48.3 cm³/mol. The van der Waals surface area contributed by atoms with Gasteiger partial charge in [-0.15, -0.1) is 0 Å². The van der Waals surface area contributed by atoms with Crippen molar-refractivity contribution in [2.75, 3.05) is 0 Å². The Bertz CT molecular complexity index is 392. The van der Waals surface area contributed by atoms with Crippen molar-refractivity contribution >= 4 is 21.9 Å². The lowest BCUT2D eigenvalue weighted by atomic mass is 10.2. The predicted octanol–water partition coefficient (Wildman–Crippen LogP) is 2.49. The molecule has 0 aliphatic rings. The van der Waals surface area contributed by atoms with Crippen molar-refractivity contribution < 1.29 is 23.1 Å². The van der Waals surface area contributed by atoms with E-state index in [1.165, 1.54) is 0 Å². The maximum absolute atomic E-state index is 12.4. The highest BCUT2D eigenvalue weighted by Crippen LogP contribution is 2.35. The second-order valence-corrected chi connectivity index (χ2v) is 3.48. The Morgan fingerprint density at radius 1 is 1.53 bits per heavy atom. The first-order valence-corrected chi connectivity index (χ1v) is 4.54. The van der Waals surface area contributed by atoms with Crippen molar-refractivity contribution in [1.29, 1.82) is 0 Å². The van der Waals surface area contributed by atoms with Gasteiger partial charge < -0.3 is 5.11 Å². The second kappa shape index (κ2) is 4.18. The summed E-state index contributed by atoms with van der Waals surface area (Å²) in [6.45, 7) is 0.